The Morgan fingerprint density at radius 2 is 1.76 bits per heavy atom. The second-order valence-electron chi connectivity index (χ2n) is 5.36. The summed E-state index contributed by atoms with van der Waals surface area (Å²) in [5, 5.41) is 3.32. The van der Waals surface area contributed by atoms with Gasteiger partial charge in [-0.1, -0.05) is 12.1 Å². The molecule has 0 spiro atoms. The number of anilines is 1. The minimum Gasteiger partial charge on any atom is -0.497 e. The molecule has 110 valence electrons. The number of ether oxygens (including phenoxy) is 1. The molecule has 0 aliphatic heterocycles. The maximum Gasteiger partial charge on any atom is 0.160 e. The van der Waals surface area contributed by atoms with Gasteiger partial charge in [0.15, 0.2) is 11.6 Å². The van der Waals surface area contributed by atoms with Crippen LogP contribution in [-0.2, 0) is 0 Å². The Morgan fingerprint density at radius 1 is 1.05 bits per heavy atom. The van der Waals surface area contributed by atoms with E-state index < -0.39 is 11.6 Å². The molecule has 0 radical (unpaired) electrons. The van der Waals surface area contributed by atoms with Crippen LogP contribution in [0.1, 0.15) is 24.4 Å². The van der Waals surface area contributed by atoms with Gasteiger partial charge in [-0.25, -0.2) is 8.78 Å². The number of nitrogens with one attached hydrogen (secondary N) is 1. The maximum atomic E-state index is 13.3. The molecule has 4 heteroatoms. The van der Waals surface area contributed by atoms with Crippen molar-refractivity contribution in [2.45, 2.75) is 18.9 Å². The third kappa shape index (κ3) is 3.15. The number of hydrogen-bond acceptors (Lipinski definition) is 2. The van der Waals surface area contributed by atoms with E-state index in [0.717, 1.165) is 30.2 Å². The first-order chi connectivity index (χ1) is 10.2. The summed E-state index contributed by atoms with van der Waals surface area (Å²) in [6, 6.07) is 11.9. The molecule has 1 saturated carbocycles. The molecule has 0 aromatic heterocycles. The zero-order chi connectivity index (χ0) is 14.8. The van der Waals surface area contributed by atoms with Crippen LogP contribution in [0.15, 0.2) is 42.5 Å². The Balaban J connectivity index is 1.82. The summed E-state index contributed by atoms with van der Waals surface area (Å²) in [5.74, 6) is -0.315. The molecular weight excluding hydrogens is 272 g/mol. The van der Waals surface area contributed by atoms with Gasteiger partial charge >= 0.3 is 0 Å². The van der Waals surface area contributed by atoms with Gasteiger partial charge in [0.2, 0.25) is 0 Å². The summed E-state index contributed by atoms with van der Waals surface area (Å²) in [6.07, 6.45) is 2.29. The first-order valence-electron chi connectivity index (χ1n) is 7.03. The Morgan fingerprint density at radius 3 is 2.33 bits per heavy atom. The maximum absolute atomic E-state index is 13.3. The van der Waals surface area contributed by atoms with E-state index in [4.69, 9.17) is 4.74 Å². The van der Waals surface area contributed by atoms with Crippen LogP contribution in [0.4, 0.5) is 14.5 Å². The van der Waals surface area contributed by atoms with E-state index in [1.54, 1.807) is 13.2 Å². The van der Waals surface area contributed by atoms with Gasteiger partial charge in [0, 0.05) is 11.8 Å². The van der Waals surface area contributed by atoms with Gasteiger partial charge in [-0.2, -0.15) is 0 Å². The number of halogens is 2. The average molecular weight is 289 g/mol. The predicted molar refractivity (Wildman–Crippen MR) is 78.4 cm³/mol. The molecule has 2 aromatic carbocycles. The lowest BCUT2D eigenvalue weighted by atomic mass is 10.0. The largest absolute Gasteiger partial charge is 0.497 e. The molecule has 0 bridgehead atoms. The van der Waals surface area contributed by atoms with E-state index in [1.807, 2.05) is 24.3 Å². The van der Waals surface area contributed by atoms with E-state index in [-0.39, 0.29) is 6.04 Å². The average Bonchev–Trinajstić information content (AvgIpc) is 3.33. The van der Waals surface area contributed by atoms with Crippen LogP contribution in [0.25, 0.3) is 0 Å². The summed E-state index contributed by atoms with van der Waals surface area (Å²) in [4.78, 5) is 0. The first kappa shape index (κ1) is 13.9. The fourth-order valence-corrected chi connectivity index (χ4v) is 2.48. The number of benzene rings is 2. The van der Waals surface area contributed by atoms with Crippen molar-refractivity contribution < 1.29 is 13.5 Å². The zero-order valence-electron chi connectivity index (χ0n) is 11.8. The normalized spacial score (nSPS) is 15.6. The third-order valence-electron chi connectivity index (χ3n) is 3.81. The van der Waals surface area contributed by atoms with Crippen molar-refractivity contribution >= 4 is 5.69 Å². The molecule has 1 atom stereocenters. The molecule has 3 rings (SSSR count). The highest BCUT2D eigenvalue weighted by atomic mass is 19.2. The van der Waals surface area contributed by atoms with Crippen LogP contribution in [0.5, 0.6) is 5.75 Å². The summed E-state index contributed by atoms with van der Waals surface area (Å²) >= 11 is 0. The van der Waals surface area contributed by atoms with E-state index in [1.165, 1.54) is 6.07 Å². The molecule has 2 aromatic rings. The van der Waals surface area contributed by atoms with Crippen molar-refractivity contribution in [2.75, 3.05) is 12.4 Å². The lowest BCUT2D eigenvalue weighted by molar-refractivity contribution is 0.414. The van der Waals surface area contributed by atoms with Crippen LogP contribution < -0.4 is 10.1 Å². The van der Waals surface area contributed by atoms with Crippen molar-refractivity contribution in [1.82, 2.24) is 0 Å². The van der Waals surface area contributed by atoms with Gasteiger partial charge in [0.25, 0.3) is 0 Å². The predicted octanol–water partition coefficient (Wildman–Crippen LogP) is 4.54. The zero-order valence-corrected chi connectivity index (χ0v) is 11.8. The van der Waals surface area contributed by atoms with E-state index in [0.29, 0.717) is 11.6 Å². The molecule has 1 N–H and O–H groups in total. The fourth-order valence-electron chi connectivity index (χ4n) is 2.48. The molecule has 1 aliphatic carbocycles. The van der Waals surface area contributed by atoms with Crippen LogP contribution in [0.3, 0.4) is 0 Å². The Hall–Kier alpha value is -2.10. The van der Waals surface area contributed by atoms with Crippen molar-refractivity contribution in [3.63, 3.8) is 0 Å². The highest BCUT2D eigenvalue weighted by molar-refractivity contribution is 5.47. The minimum absolute atomic E-state index is 0.112. The lowest BCUT2D eigenvalue weighted by Crippen LogP contribution is -2.13. The van der Waals surface area contributed by atoms with Gasteiger partial charge in [-0.3, -0.25) is 0 Å². The number of hydrogen-bond donors (Lipinski definition) is 1. The third-order valence-corrected chi connectivity index (χ3v) is 3.81. The topological polar surface area (TPSA) is 21.3 Å². The number of rotatable bonds is 5. The van der Waals surface area contributed by atoms with Crippen LogP contribution in [0.2, 0.25) is 0 Å². The van der Waals surface area contributed by atoms with E-state index in [9.17, 15) is 8.78 Å². The highest BCUT2D eigenvalue weighted by Crippen LogP contribution is 2.43. The minimum atomic E-state index is -0.829. The quantitative estimate of drug-likeness (QED) is 0.872. The van der Waals surface area contributed by atoms with E-state index in [2.05, 4.69) is 5.32 Å². The van der Waals surface area contributed by atoms with Crippen molar-refractivity contribution in [2.24, 2.45) is 5.92 Å². The highest BCUT2D eigenvalue weighted by Gasteiger charge is 2.32. The molecule has 21 heavy (non-hydrogen) atoms. The van der Waals surface area contributed by atoms with Crippen LogP contribution >= 0.6 is 0 Å². The fraction of sp³-hybridized carbons (Fsp3) is 0.294. The summed E-state index contributed by atoms with van der Waals surface area (Å²) in [5.41, 5.74) is 1.73. The van der Waals surface area contributed by atoms with Gasteiger partial charge in [0.1, 0.15) is 5.75 Å². The van der Waals surface area contributed by atoms with Crippen LogP contribution in [0, 0.1) is 17.6 Å². The molecule has 2 nitrogen and oxygen atoms in total. The van der Waals surface area contributed by atoms with Gasteiger partial charge < -0.3 is 10.1 Å². The SMILES string of the molecule is COc1ccc(C(Nc2ccc(F)c(F)c2)C2CC2)cc1. The molecule has 0 amide bonds. The second kappa shape index (κ2) is 5.72. The molecule has 1 unspecified atom stereocenters. The summed E-state index contributed by atoms with van der Waals surface area (Å²) in [7, 11) is 1.63. The van der Waals surface area contributed by atoms with Crippen LogP contribution in [-0.4, -0.2) is 7.11 Å². The number of methoxy groups -OCH3 is 1. The summed E-state index contributed by atoms with van der Waals surface area (Å²) in [6.45, 7) is 0. The Labute approximate surface area is 122 Å². The van der Waals surface area contributed by atoms with Gasteiger partial charge in [-0.15, -0.1) is 0 Å². The molecule has 0 saturated heterocycles. The molecular formula is C17H17F2NO. The standard InChI is InChI=1S/C17H17F2NO/c1-21-14-7-4-12(5-8-14)17(11-2-3-11)20-13-6-9-15(18)16(19)10-13/h4-11,17,20H,2-3H2,1H3. The Bertz CT molecular complexity index is 623. The monoisotopic (exact) mass is 289 g/mol. The first-order valence-corrected chi connectivity index (χ1v) is 7.03. The second-order valence-corrected chi connectivity index (χ2v) is 5.36. The van der Waals surface area contributed by atoms with Crippen molar-refractivity contribution in [3.8, 4) is 5.75 Å². The smallest absolute Gasteiger partial charge is 0.160 e. The molecule has 1 fully saturated rings. The van der Waals surface area contributed by atoms with Crippen molar-refractivity contribution in [1.29, 1.82) is 0 Å². The summed E-state index contributed by atoms with van der Waals surface area (Å²) < 4.78 is 31.5. The molecule has 1 aliphatic rings. The van der Waals surface area contributed by atoms with Crippen molar-refractivity contribution in [3.05, 3.63) is 59.7 Å². The molecule has 0 heterocycles. The van der Waals surface area contributed by atoms with Gasteiger partial charge in [-0.05, 0) is 48.6 Å². The van der Waals surface area contributed by atoms with E-state index >= 15 is 0 Å². The van der Waals surface area contributed by atoms with Gasteiger partial charge in [0.05, 0.1) is 13.2 Å². The lowest BCUT2D eigenvalue weighted by Gasteiger charge is -2.20. The Kier molecular flexibility index (Phi) is 3.78.